The van der Waals surface area contributed by atoms with Crippen LogP contribution in [0.25, 0.3) is 0 Å². The molecule has 18 heavy (non-hydrogen) atoms. The highest BCUT2D eigenvalue weighted by Gasteiger charge is 2.23. The molecule has 1 fully saturated rings. The van der Waals surface area contributed by atoms with Gasteiger partial charge in [-0.15, -0.1) is 0 Å². The Hall–Kier alpha value is -1.49. The maximum absolute atomic E-state index is 12.0. The van der Waals surface area contributed by atoms with Crippen molar-refractivity contribution in [3.05, 3.63) is 18.0 Å². The molecule has 5 heteroatoms. The van der Waals surface area contributed by atoms with Gasteiger partial charge in [-0.1, -0.05) is 12.8 Å². The molecular formula is C13H21N3O2. The third-order valence-electron chi connectivity index (χ3n) is 3.65. The van der Waals surface area contributed by atoms with E-state index in [1.54, 1.807) is 23.9 Å². The van der Waals surface area contributed by atoms with E-state index in [0.717, 1.165) is 25.7 Å². The Kier molecular flexibility index (Phi) is 3.91. The molecule has 2 rings (SSSR count). The minimum atomic E-state index is -0.280. The summed E-state index contributed by atoms with van der Waals surface area (Å²) in [4.78, 5) is 12.0. The number of nitrogens with one attached hydrogen (secondary N) is 1. The van der Waals surface area contributed by atoms with Crippen molar-refractivity contribution in [2.75, 3.05) is 12.3 Å². The fraction of sp³-hybridized carbons (Fsp3) is 0.615. The molecular weight excluding hydrogens is 230 g/mol. The minimum absolute atomic E-state index is 0.132. The second kappa shape index (κ2) is 5.44. The van der Waals surface area contributed by atoms with Crippen LogP contribution >= 0.6 is 0 Å². The topological polar surface area (TPSA) is 80.3 Å². The van der Waals surface area contributed by atoms with Gasteiger partial charge in [0.05, 0.1) is 11.8 Å². The lowest BCUT2D eigenvalue weighted by atomic mass is 9.86. The fourth-order valence-corrected chi connectivity index (χ4v) is 2.56. The zero-order valence-corrected chi connectivity index (χ0v) is 10.7. The van der Waals surface area contributed by atoms with E-state index in [4.69, 9.17) is 5.73 Å². The molecule has 1 aliphatic carbocycles. The van der Waals surface area contributed by atoms with Gasteiger partial charge in [-0.3, -0.25) is 4.79 Å². The van der Waals surface area contributed by atoms with Gasteiger partial charge >= 0.3 is 0 Å². The molecule has 1 amide bonds. The Morgan fingerprint density at radius 2 is 2.28 bits per heavy atom. The van der Waals surface area contributed by atoms with E-state index in [1.807, 2.05) is 0 Å². The summed E-state index contributed by atoms with van der Waals surface area (Å²) >= 11 is 0. The summed E-state index contributed by atoms with van der Waals surface area (Å²) in [6.45, 7) is 0.533. The molecule has 1 heterocycles. The van der Waals surface area contributed by atoms with Crippen molar-refractivity contribution >= 4 is 11.6 Å². The molecule has 1 aromatic rings. The van der Waals surface area contributed by atoms with Gasteiger partial charge in [-0.2, -0.15) is 0 Å². The van der Waals surface area contributed by atoms with Gasteiger partial charge in [0.25, 0.3) is 5.91 Å². The highest BCUT2D eigenvalue weighted by atomic mass is 16.3. The molecule has 1 saturated carbocycles. The van der Waals surface area contributed by atoms with Gasteiger partial charge in [0, 0.05) is 25.7 Å². The van der Waals surface area contributed by atoms with Crippen molar-refractivity contribution in [3.8, 4) is 0 Å². The number of carbonyl (C=O) groups is 1. The number of aromatic nitrogens is 1. The van der Waals surface area contributed by atoms with E-state index in [9.17, 15) is 9.90 Å². The molecule has 0 bridgehead atoms. The summed E-state index contributed by atoms with van der Waals surface area (Å²) in [5.74, 6) is 0.0484. The molecule has 0 aromatic carbocycles. The number of aliphatic hydroxyl groups excluding tert-OH is 1. The van der Waals surface area contributed by atoms with E-state index < -0.39 is 0 Å². The van der Waals surface area contributed by atoms with Crippen molar-refractivity contribution < 1.29 is 9.90 Å². The van der Waals surface area contributed by atoms with Crippen molar-refractivity contribution in [2.45, 2.75) is 31.8 Å². The second-order valence-electron chi connectivity index (χ2n) is 5.09. The summed E-state index contributed by atoms with van der Waals surface area (Å²) in [5.41, 5.74) is 6.77. The lowest BCUT2D eigenvalue weighted by molar-refractivity contribution is 0.0661. The Bertz CT molecular complexity index is 428. The van der Waals surface area contributed by atoms with Crippen LogP contribution in [-0.4, -0.2) is 28.2 Å². The van der Waals surface area contributed by atoms with Crippen molar-refractivity contribution in [2.24, 2.45) is 13.0 Å². The highest BCUT2D eigenvalue weighted by molar-refractivity contribution is 5.93. The van der Waals surface area contributed by atoms with Crippen molar-refractivity contribution in [1.29, 1.82) is 0 Å². The largest absolute Gasteiger partial charge is 0.397 e. The van der Waals surface area contributed by atoms with Gasteiger partial charge in [0.2, 0.25) is 0 Å². The smallest absolute Gasteiger partial charge is 0.267 e. The number of amides is 1. The molecule has 4 N–H and O–H groups in total. The first-order chi connectivity index (χ1) is 8.58. The zero-order valence-electron chi connectivity index (χ0n) is 10.7. The number of nitrogens with two attached hydrogens (primary N) is 1. The zero-order chi connectivity index (χ0) is 13.1. The molecule has 2 atom stereocenters. The normalized spacial score (nSPS) is 23.9. The standard InChI is InChI=1S/C13H21N3O2/c1-16-8-10(14)6-11(16)13(18)15-7-9-4-2-3-5-12(9)17/h6,8-9,12,17H,2-5,7,14H2,1H3,(H,15,18). The lowest BCUT2D eigenvalue weighted by Gasteiger charge is -2.27. The number of anilines is 1. The predicted molar refractivity (Wildman–Crippen MR) is 70.1 cm³/mol. The lowest BCUT2D eigenvalue weighted by Crippen LogP contribution is -2.37. The van der Waals surface area contributed by atoms with E-state index in [1.165, 1.54) is 0 Å². The molecule has 5 nitrogen and oxygen atoms in total. The van der Waals surface area contributed by atoms with E-state index in [-0.39, 0.29) is 17.9 Å². The number of aryl methyl sites for hydroxylation is 1. The molecule has 0 radical (unpaired) electrons. The number of carbonyl (C=O) groups excluding carboxylic acids is 1. The van der Waals surface area contributed by atoms with Gasteiger partial charge in [0.15, 0.2) is 0 Å². The maximum atomic E-state index is 12.0. The average Bonchev–Trinajstić information content (AvgIpc) is 2.67. The van der Waals surface area contributed by atoms with Gasteiger partial charge in [-0.25, -0.2) is 0 Å². The quantitative estimate of drug-likeness (QED) is 0.746. The minimum Gasteiger partial charge on any atom is -0.397 e. The molecule has 1 aliphatic rings. The summed E-state index contributed by atoms with van der Waals surface area (Å²) in [5, 5.41) is 12.7. The second-order valence-corrected chi connectivity index (χ2v) is 5.09. The van der Waals surface area contributed by atoms with Crippen LogP contribution in [0.15, 0.2) is 12.3 Å². The number of nitrogens with zero attached hydrogens (tertiary/aromatic N) is 1. The van der Waals surface area contributed by atoms with Crippen molar-refractivity contribution in [3.63, 3.8) is 0 Å². The van der Waals surface area contributed by atoms with Gasteiger partial charge < -0.3 is 20.7 Å². The van der Waals surface area contributed by atoms with Crippen LogP contribution < -0.4 is 11.1 Å². The summed E-state index contributed by atoms with van der Waals surface area (Å²) in [7, 11) is 1.79. The summed E-state index contributed by atoms with van der Waals surface area (Å²) in [6, 6.07) is 1.66. The van der Waals surface area contributed by atoms with Crippen LogP contribution in [0.3, 0.4) is 0 Å². The number of hydrogen-bond donors (Lipinski definition) is 3. The van der Waals surface area contributed by atoms with Crippen LogP contribution in [0.2, 0.25) is 0 Å². The number of nitrogen functional groups attached to an aromatic ring is 1. The third kappa shape index (κ3) is 2.85. The van der Waals surface area contributed by atoms with Crippen LogP contribution in [0.1, 0.15) is 36.2 Å². The SMILES string of the molecule is Cn1cc(N)cc1C(=O)NCC1CCCCC1O. The van der Waals surface area contributed by atoms with Crippen LogP contribution in [0.4, 0.5) is 5.69 Å². The highest BCUT2D eigenvalue weighted by Crippen LogP contribution is 2.23. The van der Waals surface area contributed by atoms with E-state index >= 15 is 0 Å². The Labute approximate surface area is 107 Å². The van der Waals surface area contributed by atoms with Crippen molar-refractivity contribution in [1.82, 2.24) is 9.88 Å². The molecule has 0 spiro atoms. The fourth-order valence-electron chi connectivity index (χ4n) is 2.56. The maximum Gasteiger partial charge on any atom is 0.267 e. The predicted octanol–water partition coefficient (Wildman–Crippen LogP) is 0.888. The van der Waals surface area contributed by atoms with Crippen LogP contribution in [0, 0.1) is 5.92 Å². The number of rotatable bonds is 3. The first kappa shape index (κ1) is 13.0. The molecule has 0 saturated heterocycles. The van der Waals surface area contributed by atoms with E-state index in [0.29, 0.717) is 17.9 Å². The molecule has 2 unspecified atom stereocenters. The average molecular weight is 251 g/mol. The number of aliphatic hydroxyl groups is 1. The summed E-state index contributed by atoms with van der Waals surface area (Å²) < 4.78 is 1.71. The first-order valence-electron chi connectivity index (χ1n) is 6.46. The van der Waals surface area contributed by atoms with Gasteiger partial charge in [-0.05, 0) is 18.9 Å². The Morgan fingerprint density at radius 1 is 1.56 bits per heavy atom. The summed E-state index contributed by atoms with van der Waals surface area (Å²) in [6.07, 6.45) is 5.48. The molecule has 1 aromatic heterocycles. The molecule has 0 aliphatic heterocycles. The first-order valence-corrected chi connectivity index (χ1v) is 6.46. The number of hydrogen-bond acceptors (Lipinski definition) is 3. The van der Waals surface area contributed by atoms with Crippen LogP contribution in [-0.2, 0) is 7.05 Å². The molecule has 100 valence electrons. The van der Waals surface area contributed by atoms with E-state index in [2.05, 4.69) is 5.32 Å². The Morgan fingerprint density at radius 3 is 2.89 bits per heavy atom. The van der Waals surface area contributed by atoms with Crippen LogP contribution in [0.5, 0.6) is 0 Å². The third-order valence-corrected chi connectivity index (χ3v) is 3.65. The van der Waals surface area contributed by atoms with Gasteiger partial charge in [0.1, 0.15) is 5.69 Å². The monoisotopic (exact) mass is 251 g/mol. The Balaban J connectivity index is 1.90.